The second kappa shape index (κ2) is 10.3. The molecule has 1 unspecified atom stereocenters. The number of aliphatic hydroxyl groups is 1. The number of likely N-dealkylation sites (tertiary alicyclic amines) is 1. The van der Waals surface area contributed by atoms with Gasteiger partial charge in [0.05, 0.1) is 11.8 Å². The van der Waals surface area contributed by atoms with E-state index in [4.69, 9.17) is 0 Å². The van der Waals surface area contributed by atoms with Gasteiger partial charge in [0, 0.05) is 46.9 Å². The largest absolute Gasteiger partial charge is 0.392 e. The average molecular weight is 658 g/mol. The van der Waals surface area contributed by atoms with Crippen LogP contribution in [-0.2, 0) is 29.0 Å². The highest BCUT2D eigenvalue weighted by atomic mass is 79.9. The molecule has 0 bridgehead atoms. The molecule has 44 heavy (non-hydrogen) atoms. The zero-order chi connectivity index (χ0) is 31.1. The summed E-state index contributed by atoms with van der Waals surface area (Å²) in [6, 6.07) is 7.00. The molecule has 4 heterocycles. The van der Waals surface area contributed by atoms with Crippen LogP contribution in [0, 0.1) is 19.3 Å². The van der Waals surface area contributed by atoms with Crippen molar-refractivity contribution in [2.75, 3.05) is 5.32 Å². The fourth-order valence-electron chi connectivity index (χ4n) is 7.08. The lowest BCUT2D eigenvalue weighted by Gasteiger charge is -2.27. The third-order valence-corrected chi connectivity index (χ3v) is 9.93. The Balaban J connectivity index is 1.24. The Morgan fingerprint density at radius 3 is 2.68 bits per heavy atom. The van der Waals surface area contributed by atoms with Gasteiger partial charge >= 0.3 is 0 Å². The predicted molar refractivity (Wildman–Crippen MR) is 168 cm³/mol. The summed E-state index contributed by atoms with van der Waals surface area (Å²) in [4.78, 5) is 55.6. The Kier molecular flexibility index (Phi) is 6.74. The highest BCUT2D eigenvalue weighted by Gasteiger charge is 2.64. The Hall–Kier alpha value is -3.96. The zero-order valence-electron chi connectivity index (χ0n) is 25.0. The van der Waals surface area contributed by atoms with Gasteiger partial charge in [-0.2, -0.15) is 0 Å². The Labute approximate surface area is 263 Å². The molecule has 1 saturated heterocycles. The molecule has 4 aromatic rings. The molecule has 4 atom stereocenters. The van der Waals surface area contributed by atoms with Gasteiger partial charge in [-0.3, -0.25) is 14.4 Å². The summed E-state index contributed by atoms with van der Waals surface area (Å²) in [5, 5.41) is 14.5. The van der Waals surface area contributed by atoms with E-state index < -0.39 is 12.1 Å². The van der Waals surface area contributed by atoms with E-state index in [0.29, 0.717) is 41.1 Å². The summed E-state index contributed by atoms with van der Waals surface area (Å²) in [6.45, 7) is 7.32. The van der Waals surface area contributed by atoms with E-state index in [1.165, 1.54) is 6.92 Å². The minimum Gasteiger partial charge on any atom is -0.392 e. The van der Waals surface area contributed by atoms with Crippen LogP contribution in [0.5, 0.6) is 0 Å². The minimum atomic E-state index is -0.626. The molecule has 1 aromatic carbocycles. The number of piperidine rings is 1. The van der Waals surface area contributed by atoms with Crippen molar-refractivity contribution < 1.29 is 19.5 Å². The first-order chi connectivity index (χ1) is 20.9. The SMILES string of the molecule is CC(=O)c1cn(CC(=O)N2[C@H](C(=O)Nc3nc(Br)ccc3C)C[C@@]3(C)C[C@@H]23)c2cc3c(cc12)-c1cnc(C)nc1CC(O)C3. The highest BCUT2D eigenvalue weighted by molar-refractivity contribution is 9.10. The number of carbonyl (C=O) groups is 3. The number of pyridine rings is 1. The average Bonchev–Trinajstić information content (AvgIpc) is 3.39. The van der Waals surface area contributed by atoms with E-state index in [2.05, 4.69) is 43.1 Å². The van der Waals surface area contributed by atoms with Crippen LogP contribution in [-0.4, -0.2) is 65.3 Å². The maximum atomic E-state index is 14.1. The third-order valence-electron chi connectivity index (χ3n) is 9.48. The molecular weight excluding hydrogens is 624 g/mol. The number of Topliss-reactive ketones (excluding diaryl/α,β-unsaturated/α-hetero) is 1. The summed E-state index contributed by atoms with van der Waals surface area (Å²) in [7, 11) is 0. The molecule has 3 aliphatic rings. The van der Waals surface area contributed by atoms with Crippen molar-refractivity contribution >= 4 is 50.2 Å². The van der Waals surface area contributed by atoms with Gasteiger partial charge in [-0.1, -0.05) is 13.0 Å². The number of fused-ring (bicyclic) bond motifs is 5. The number of aliphatic hydroxyl groups excluding tert-OH is 1. The fraction of sp³-hybridized carbons (Fsp3) is 0.394. The van der Waals surface area contributed by atoms with Crippen molar-refractivity contribution in [2.45, 2.75) is 78.1 Å². The number of amides is 2. The smallest absolute Gasteiger partial charge is 0.248 e. The molecule has 0 radical (unpaired) electrons. The molecule has 7 rings (SSSR count). The molecule has 0 spiro atoms. The number of nitrogens with zero attached hydrogens (tertiary/aromatic N) is 5. The van der Waals surface area contributed by atoms with Gasteiger partial charge in [-0.15, -0.1) is 0 Å². The number of rotatable bonds is 5. The van der Waals surface area contributed by atoms with Gasteiger partial charge in [0.2, 0.25) is 11.8 Å². The molecule has 226 valence electrons. The van der Waals surface area contributed by atoms with Crippen LogP contribution in [0.15, 0.2) is 41.3 Å². The number of carbonyl (C=O) groups excluding carboxylic acids is 3. The normalized spacial score (nSPS) is 23.5. The lowest BCUT2D eigenvalue weighted by Crippen LogP contribution is -2.46. The molecule has 2 fully saturated rings. The van der Waals surface area contributed by atoms with Crippen molar-refractivity contribution in [3.05, 3.63) is 69.5 Å². The van der Waals surface area contributed by atoms with E-state index >= 15 is 0 Å². The van der Waals surface area contributed by atoms with Gasteiger partial charge in [0.15, 0.2) is 5.78 Å². The summed E-state index contributed by atoms with van der Waals surface area (Å²) >= 11 is 3.37. The van der Waals surface area contributed by atoms with Gasteiger partial charge in [-0.25, -0.2) is 15.0 Å². The molecule has 2 aliphatic carbocycles. The molecule has 1 saturated carbocycles. The lowest BCUT2D eigenvalue weighted by molar-refractivity contribution is -0.138. The fourth-order valence-corrected chi connectivity index (χ4v) is 7.39. The number of hydrogen-bond acceptors (Lipinski definition) is 7. The molecule has 2 amide bonds. The first-order valence-electron chi connectivity index (χ1n) is 14.8. The monoisotopic (exact) mass is 656 g/mol. The molecule has 2 N–H and O–H groups in total. The second-order valence-electron chi connectivity index (χ2n) is 12.8. The standard InChI is InChI=1S/C33H33BrN6O4/c1-16-5-6-29(34)37-31(16)38-32(44)27-11-33(4)12-28(33)40(27)30(43)15-39-14-24(17(2)41)22-10-21-19(8-26(22)39)7-20(42)9-25-23(21)13-35-18(3)36-25/h5-6,8,10,13-14,20,27-28,42H,7,9,11-12,15H2,1-4H3,(H,37,38,44)/t20?,27-,28+,33-/m0/s1. The van der Waals surface area contributed by atoms with E-state index in [1.807, 2.05) is 42.7 Å². The molecule has 10 nitrogen and oxygen atoms in total. The highest BCUT2D eigenvalue weighted by Crippen LogP contribution is 2.59. The van der Waals surface area contributed by atoms with E-state index in [0.717, 1.165) is 45.3 Å². The zero-order valence-corrected chi connectivity index (χ0v) is 26.6. The predicted octanol–water partition coefficient (Wildman–Crippen LogP) is 4.55. The summed E-state index contributed by atoms with van der Waals surface area (Å²) in [6.07, 6.45) is 5.15. The van der Waals surface area contributed by atoms with E-state index in [1.54, 1.807) is 17.3 Å². The van der Waals surface area contributed by atoms with Crippen LogP contribution >= 0.6 is 15.9 Å². The van der Waals surface area contributed by atoms with Crippen molar-refractivity contribution in [3.63, 3.8) is 0 Å². The number of nitrogens with one attached hydrogen (secondary N) is 1. The van der Waals surface area contributed by atoms with Gasteiger partial charge in [0.1, 0.15) is 28.8 Å². The Bertz CT molecular complexity index is 1900. The topological polar surface area (TPSA) is 130 Å². The van der Waals surface area contributed by atoms with Crippen LogP contribution in [0.4, 0.5) is 5.82 Å². The molecule has 11 heteroatoms. The van der Waals surface area contributed by atoms with Crippen molar-refractivity contribution in [1.82, 2.24) is 24.4 Å². The summed E-state index contributed by atoms with van der Waals surface area (Å²) in [5.41, 5.74) is 5.40. The number of halogens is 1. The van der Waals surface area contributed by atoms with E-state index in [9.17, 15) is 19.5 Å². The third kappa shape index (κ3) is 4.82. The molecule has 1 aliphatic heterocycles. The van der Waals surface area contributed by atoms with Gasteiger partial charge in [-0.05, 0) is 96.3 Å². The number of aromatic nitrogens is 4. The Morgan fingerprint density at radius 1 is 1.11 bits per heavy atom. The quantitative estimate of drug-likeness (QED) is 0.238. The minimum absolute atomic E-state index is 0.0113. The number of aryl methyl sites for hydroxylation is 2. The van der Waals surface area contributed by atoms with Gasteiger partial charge < -0.3 is 19.9 Å². The summed E-state index contributed by atoms with van der Waals surface area (Å²) in [5.74, 6) is 0.567. The number of hydrogen-bond donors (Lipinski definition) is 2. The Morgan fingerprint density at radius 2 is 1.91 bits per heavy atom. The summed E-state index contributed by atoms with van der Waals surface area (Å²) < 4.78 is 2.43. The van der Waals surface area contributed by atoms with Crippen LogP contribution in [0.1, 0.15) is 59.7 Å². The van der Waals surface area contributed by atoms with E-state index in [-0.39, 0.29) is 35.6 Å². The second-order valence-corrected chi connectivity index (χ2v) is 13.6. The van der Waals surface area contributed by atoms with Gasteiger partial charge in [0.25, 0.3) is 0 Å². The maximum Gasteiger partial charge on any atom is 0.248 e. The van der Waals surface area contributed by atoms with Crippen LogP contribution in [0.25, 0.3) is 22.0 Å². The number of benzene rings is 1. The number of anilines is 1. The number of ketones is 1. The molecular formula is C33H33BrN6O4. The van der Waals surface area contributed by atoms with Crippen LogP contribution in [0.3, 0.4) is 0 Å². The molecule has 3 aromatic heterocycles. The lowest BCUT2D eigenvalue weighted by atomic mass is 9.96. The van der Waals surface area contributed by atoms with Crippen molar-refractivity contribution in [1.29, 1.82) is 0 Å². The van der Waals surface area contributed by atoms with Crippen LogP contribution < -0.4 is 5.32 Å². The van der Waals surface area contributed by atoms with Crippen LogP contribution in [0.2, 0.25) is 0 Å². The first-order valence-corrected chi connectivity index (χ1v) is 15.6. The maximum absolute atomic E-state index is 14.1. The van der Waals surface area contributed by atoms with Crippen molar-refractivity contribution in [2.24, 2.45) is 5.41 Å². The first kappa shape index (κ1) is 28.8. The van der Waals surface area contributed by atoms with Crippen molar-refractivity contribution in [3.8, 4) is 11.1 Å².